The molecule has 0 spiro atoms. The van der Waals surface area contributed by atoms with E-state index in [9.17, 15) is 9.59 Å². The molecular weight excluding hydrogens is 306 g/mol. The van der Waals surface area contributed by atoms with Crippen LogP contribution in [0.2, 0.25) is 0 Å². The van der Waals surface area contributed by atoms with E-state index < -0.39 is 5.92 Å². The highest BCUT2D eigenvalue weighted by Crippen LogP contribution is 2.37. The van der Waals surface area contributed by atoms with Gasteiger partial charge in [0.2, 0.25) is 0 Å². The van der Waals surface area contributed by atoms with E-state index in [-0.39, 0.29) is 23.7 Å². The van der Waals surface area contributed by atoms with Crippen LogP contribution in [-0.2, 0) is 9.53 Å². The van der Waals surface area contributed by atoms with Gasteiger partial charge < -0.3 is 9.72 Å². The van der Waals surface area contributed by atoms with E-state index >= 15 is 0 Å². The van der Waals surface area contributed by atoms with Crippen molar-refractivity contribution in [3.63, 3.8) is 0 Å². The molecular formula is C18H21N3O3. The second-order valence-corrected chi connectivity index (χ2v) is 6.35. The summed E-state index contributed by atoms with van der Waals surface area (Å²) in [4.78, 5) is 27.7. The number of imidazole rings is 1. The second-order valence-electron chi connectivity index (χ2n) is 6.35. The molecule has 2 unspecified atom stereocenters. The zero-order valence-corrected chi connectivity index (χ0v) is 14.2. The molecule has 6 heteroatoms. The van der Waals surface area contributed by atoms with E-state index in [2.05, 4.69) is 10.1 Å². The second kappa shape index (κ2) is 6.11. The monoisotopic (exact) mass is 327 g/mol. The lowest BCUT2D eigenvalue weighted by Gasteiger charge is -2.30. The third kappa shape index (κ3) is 2.68. The Hall–Kier alpha value is -2.63. The van der Waals surface area contributed by atoms with Crippen LogP contribution in [0, 0.1) is 12.8 Å². The van der Waals surface area contributed by atoms with Crippen molar-refractivity contribution in [2.75, 3.05) is 0 Å². The lowest BCUT2D eigenvalue weighted by Crippen LogP contribution is -2.38. The van der Waals surface area contributed by atoms with Crippen molar-refractivity contribution in [2.24, 2.45) is 11.0 Å². The number of esters is 1. The van der Waals surface area contributed by atoms with Gasteiger partial charge in [0.1, 0.15) is 5.92 Å². The summed E-state index contributed by atoms with van der Waals surface area (Å²) in [5, 5.41) is 4.34. The number of aromatic amines is 1. The number of fused-ring (bicyclic) bond motifs is 1. The highest BCUT2D eigenvalue weighted by atomic mass is 16.5. The molecule has 24 heavy (non-hydrogen) atoms. The molecule has 0 fully saturated rings. The van der Waals surface area contributed by atoms with Gasteiger partial charge in [-0.05, 0) is 33.3 Å². The Morgan fingerprint density at radius 1 is 1.25 bits per heavy atom. The molecule has 1 aliphatic rings. The van der Waals surface area contributed by atoms with Gasteiger partial charge in [-0.25, -0.2) is 4.79 Å². The average Bonchev–Trinajstić information content (AvgIpc) is 2.80. The lowest BCUT2D eigenvalue weighted by atomic mass is 9.79. The molecule has 1 N–H and O–H groups in total. The number of H-pyrrole nitrogens is 1. The highest BCUT2D eigenvalue weighted by Gasteiger charge is 2.41. The van der Waals surface area contributed by atoms with Crippen LogP contribution in [0.3, 0.4) is 0 Å². The van der Waals surface area contributed by atoms with Crippen LogP contribution in [0.15, 0.2) is 40.2 Å². The summed E-state index contributed by atoms with van der Waals surface area (Å²) in [6, 6.07) is 9.68. The van der Waals surface area contributed by atoms with E-state index in [1.807, 2.05) is 51.1 Å². The number of aryl methyl sites for hydroxylation is 1. The number of carbonyl (C=O) groups is 1. The molecule has 3 rings (SSSR count). The smallest absolute Gasteiger partial charge is 0.346 e. The maximum Gasteiger partial charge on any atom is 0.346 e. The van der Waals surface area contributed by atoms with E-state index in [0.29, 0.717) is 17.1 Å². The van der Waals surface area contributed by atoms with Crippen molar-refractivity contribution in [1.29, 1.82) is 0 Å². The van der Waals surface area contributed by atoms with Crippen LogP contribution in [0.25, 0.3) is 0 Å². The van der Waals surface area contributed by atoms with Crippen LogP contribution >= 0.6 is 0 Å². The Labute approximate surface area is 140 Å². The van der Waals surface area contributed by atoms with Crippen LogP contribution in [-0.4, -0.2) is 27.4 Å². The molecule has 2 heterocycles. The average molecular weight is 327 g/mol. The number of nitrogens with zero attached hydrogens (tertiary/aromatic N) is 2. The topological polar surface area (TPSA) is 76.5 Å². The minimum Gasteiger partial charge on any atom is -0.462 e. The zero-order chi connectivity index (χ0) is 17.4. The Morgan fingerprint density at radius 2 is 1.92 bits per heavy atom. The number of hydrogen-bond acceptors (Lipinski definition) is 4. The normalized spacial score (nSPS) is 19.8. The maximum absolute atomic E-state index is 12.7. The van der Waals surface area contributed by atoms with Crippen LogP contribution in [0.1, 0.15) is 43.6 Å². The van der Waals surface area contributed by atoms with Gasteiger partial charge in [0.05, 0.1) is 17.5 Å². The van der Waals surface area contributed by atoms with Crippen molar-refractivity contribution in [3.05, 3.63) is 57.8 Å². The fourth-order valence-electron chi connectivity index (χ4n) is 3.25. The number of carbonyl (C=O) groups excluding carboxylic acids is 1. The lowest BCUT2D eigenvalue weighted by molar-refractivity contribution is -0.150. The number of nitrogens with one attached hydrogen (secondary N) is 1. The summed E-state index contributed by atoms with van der Waals surface area (Å²) >= 11 is 0. The molecule has 0 saturated heterocycles. The molecule has 0 amide bonds. The first kappa shape index (κ1) is 16.2. The van der Waals surface area contributed by atoms with E-state index in [1.165, 1.54) is 4.68 Å². The molecule has 1 aromatic heterocycles. The van der Waals surface area contributed by atoms with Crippen molar-refractivity contribution in [1.82, 2.24) is 9.66 Å². The maximum atomic E-state index is 12.7. The van der Waals surface area contributed by atoms with Crippen molar-refractivity contribution >= 4 is 11.7 Å². The third-order valence-corrected chi connectivity index (χ3v) is 4.20. The molecule has 1 aromatic carbocycles. The van der Waals surface area contributed by atoms with Gasteiger partial charge in [-0.2, -0.15) is 9.78 Å². The minimum atomic E-state index is -0.552. The van der Waals surface area contributed by atoms with Gasteiger partial charge in [-0.3, -0.25) is 4.79 Å². The molecule has 0 bridgehead atoms. The number of ether oxygens (including phenoxy) is 1. The summed E-state index contributed by atoms with van der Waals surface area (Å²) in [6.07, 6.45) is -0.210. The van der Waals surface area contributed by atoms with Crippen LogP contribution < -0.4 is 5.69 Å². The van der Waals surface area contributed by atoms with Crippen molar-refractivity contribution < 1.29 is 9.53 Å². The first-order valence-electron chi connectivity index (χ1n) is 8.02. The van der Waals surface area contributed by atoms with Gasteiger partial charge in [0.25, 0.3) is 0 Å². The Morgan fingerprint density at radius 3 is 2.54 bits per heavy atom. The molecule has 0 radical (unpaired) electrons. The summed E-state index contributed by atoms with van der Waals surface area (Å²) in [5.74, 6) is -1.18. The quantitative estimate of drug-likeness (QED) is 0.880. The van der Waals surface area contributed by atoms with Gasteiger partial charge >= 0.3 is 11.7 Å². The molecule has 1 aliphatic heterocycles. The van der Waals surface area contributed by atoms with Gasteiger partial charge in [0, 0.05) is 11.6 Å². The molecule has 0 aliphatic carbocycles. The summed E-state index contributed by atoms with van der Waals surface area (Å²) in [6.45, 7) is 7.23. The van der Waals surface area contributed by atoms with Gasteiger partial charge in [0.15, 0.2) is 0 Å². The standard InChI is InChI=1S/C18H21N3O3/c1-10(2)24-17(22)14-11(3)20-21-16(12(4)19-18(21)23)15(14)13-8-6-5-7-9-13/h5-10,14-15H,1-4H3,(H,19,23). The molecule has 2 atom stereocenters. The van der Waals surface area contributed by atoms with Crippen LogP contribution in [0.4, 0.5) is 0 Å². The predicted molar refractivity (Wildman–Crippen MR) is 91.3 cm³/mol. The predicted octanol–water partition coefficient (Wildman–Crippen LogP) is 2.42. The first-order chi connectivity index (χ1) is 11.4. The van der Waals surface area contributed by atoms with E-state index in [0.717, 1.165) is 5.56 Å². The Bertz CT molecular complexity index is 846. The number of benzene rings is 1. The van der Waals surface area contributed by atoms with Crippen molar-refractivity contribution in [3.8, 4) is 0 Å². The highest BCUT2D eigenvalue weighted by molar-refractivity contribution is 6.03. The molecule has 126 valence electrons. The number of hydrogen-bond donors (Lipinski definition) is 1. The zero-order valence-electron chi connectivity index (χ0n) is 14.2. The van der Waals surface area contributed by atoms with Gasteiger partial charge in [-0.1, -0.05) is 30.3 Å². The van der Waals surface area contributed by atoms with E-state index in [1.54, 1.807) is 6.92 Å². The molecule has 6 nitrogen and oxygen atoms in total. The SMILES string of the molecule is CC1=Nn2c(c(C)[nH]c2=O)C(c2ccccc2)C1C(=O)OC(C)C. The van der Waals surface area contributed by atoms with Crippen molar-refractivity contribution in [2.45, 2.75) is 39.7 Å². The summed E-state index contributed by atoms with van der Waals surface area (Å²) in [7, 11) is 0. The third-order valence-electron chi connectivity index (χ3n) is 4.20. The Balaban J connectivity index is 2.19. The number of aromatic nitrogens is 2. The first-order valence-corrected chi connectivity index (χ1v) is 8.02. The fraction of sp³-hybridized carbons (Fsp3) is 0.389. The Kier molecular flexibility index (Phi) is 4.13. The summed E-state index contributed by atoms with van der Waals surface area (Å²) < 4.78 is 6.82. The molecule has 2 aromatic rings. The summed E-state index contributed by atoms with van der Waals surface area (Å²) in [5.41, 5.74) is 2.66. The fourth-order valence-corrected chi connectivity index (χ4v) is 3.25. The largest absolute Gasteiger partial charge is 0.462 e. The minimum absolute atomic E-state index is 0.210. The van der Waals surface area contributed by atoms with Gasteiger partial charge in [-0.15, -0.1) is 0 Å². The van der Waals surface area contributed by atoms with E-state index in [4.69, 9.17) is 4.74 Å². The number of rotatable bonds is 3. The molecule has 0 saturated carbocycles. The van der Waals surface area contributed by atoms with Crippen LogP contribution in [0.5, 0.6) is 0 Å².